The van der Waals surface area contributed by atoms with Crippen LogP contribution in [0.3, 0.4) is 0 Å². The molecule has 0 aliphatic heterocycles. The van der Waals surface area contributed by atoms with Crippen molar-refractivity contribution in [1.82, 2.24) is 29.4 Å². The molecular formula is C23H21F3N8O. The molecule has 35 heavy (non-hydrogen) atoms. The molecule has 4 aromatic rings. The number of aromatic nitrogens is 5. The quantitative estimate of drug-likeness (QED) is 0.424. The molecular weight excluding hydrogens is 461 g/mol. The van der Waals surface area contributed by atoms with Crippen LogP contribution in [-0.2, 0) is 7.05 Å². The first-order valence-corrected chi connectivity index (χ1v) is 10.4. The average molecular weight is 482 g/mol. The highest BCUT2D eigenvalue weighted by molar-refractivity contribution is 5.88. The molecule has 1 atom stereocenters. The van der Waals surface area contributed by atoms with Crippen LogP contribution in [0, 0.1) is 18.3 Å². The summed E-state index contributed by atoms with van der Waals surface area (Å²) in [6.07, 6.45) is -0.211. The highest BCUT2D eigenvalue weighted by Crippen LogP contribution is 2.36. The number of nitrogens with zero attached hydrogens (tertiary/aromatic N) is 7. The lowest BCUT2D eigenvalue weighted by Gasteiger charge is -2.26. The van der Waals surface area contributed by atoms with E-state index >= 15 is 0 Å². The number of ether oxygens (including phenoxy) is 1. The molecule has 9 nitrogen and oxygen atoms in total. The third-order valence-corrected chi connectivity index (χ3v) is 5.23. The van der Waals surface area contributed by atoms with Crippen molar-refractivity contribution < 1.29 is 17.9 Å². The van der Waals surface area contributed by atoms with Crippen molar-refractivity contribution in [3.05, 3.63) is 59.8 Å². The maximum absolute atomic E-state index is 13.4. The Morgan fingerprint density at radius 3 is 2.51 bits per heavy atom. The minimum absolute atomic E-state index is 0.0265. The number of aryl methyl sites for hydroxylation is 2. The summed E-state index contributed by atoms with van der Waals surface area (Å²) in [6, 6.07) is 6.28. The van der Waals surface area contributed by atoms with Crippen LogP contribution >= 0.6 is 0 Å². The molecule has 1 N–H and O–H groups in total. The number of alkyl halides is 3. The highest BCUT2D eigenvalue weighted by atomic mass is 19.4. The Bertz CT molecular complexity index is 1410. The fraction of sp³-hybridized carbons (Fsp3) is 0.261. The topological polar surface area (TPSA) is 105 Å². The third-order valence-electron chi connectivity index (χ3n) is 5.23. The molecule has 4 heterocycles. The van der Waals surface area contributed by atoms with Gasteiger partial charge in [-0.2, -0.15) is 23.4 Å². The van der Waals surface area contributed by atoms with Gasteiger partial charge in [0.05, 0.1) is 18.2 Å². The van der Waals surface area contributed by atoms with E-state index in [0.717, 1.165) is 4.90 Å². The van der Waals surface area contributed by atoms with E-state index in [0.29, 0.717) is 34.0 Å². The lowest BCUT2D eigenvalue weighted by molar-refractivity contribution is -0.179. The van der Waals surface area contributed by atoms with Gasteiger partial charge in [0.2, 0.25) is 5.88 Å². The largest absolute Gasteiger partial charge is 0.437 e. The van der Waals surface area contributed by atoms with Gasteiger partial charge in [0, 0.05) is 19.3 Å². The molecule has 4 rings (SSSR count). The molecule has 0 aromatic carbocycles. The standard InChI is InChI=1S/C23H21F3N8O/c1-13-7-15(9-27)28-11-17(13)35-19-8-16(20-22(32-19)34(4)12-30-20)31-18-6-5-14(10-29-18)21(33(2)3)23(24,25)26/h5-8,10-12,21H,1-4H3,(H,29,31,32). The number of hydrogen-bond donors (Lipinski definition) is 1. The van der Waals surface area contributed by atoms with Crippen LogP contribution in [0.15, 0.2) is 43.0 Å². The molecule has 180 valence electrons. The Hall–Kier alpha value is -4.24. The van der Waals surface area contributed by atoms with Crippen molar-refractivity contribution in [2.45, 2.75) is 19.1 Å². The Kier molecular flexibility index (Phi) is 6.27. The van der Waals surface area contributed by atoms with Gasteiger partial charge in [-0.15, -0.1) is 0 Å². The minimum Gasteiger partial charge on any atom is -0.437 e. The number of hydrogen-bond acceptors (Lipinski definition) is 8. The average Bonchev–Trinajstić information content (AvgIpc) is 3.16. The monoisotopic (exact) mass is 482 g/mol. The summed E-state index contributed by atoms with van der Waals surface area (Å²) in [7, 11) is 4.51. The summed E-state index contributed by atoms with van der Waals surface area (Å²) >= 11 is 0. The molecule has 0 bridgehead atoms. The number of fused-ring (bicyclic) bond motifs is 1. The van der Waals surface area contributed by atoms with Gasteiger partial charge in [-0.25, -0.2) is 15.0 Å². The SMILES string of the molecule is Cc1cc(C#N)ncc1Oc1cc(Nc2ccc(C(N(C)C)C(F)(F)F)cn2)c2ncn(C)c2n1. The zero-order valence-electron chi connectivity index (χ0n) is 19.3. The Morgan fingerprint density at radius 1 is 1.14 bits per heavy atom. The van der Waals surface area contributed by atoms with Gasteiger partial charge in [-0.3, -0.25) is 4.90 Å². The van der Waals surface area contributed by atoms with Gasteiger partial charge >= 0.3 is 6.18 Å². The Labute approximate surface area is 198 Å². The molecule has 0 saturated heterocycles. The molecule has 0 spiro atoms. The van der Waals surface area contributed by atoms with E-state index in [4.69, 9.17) is 10.00 Å². The molecule has 0 radical (unpaired) electrons. The summed E-state index contributed by atoms with van der Waals surface area (Å²) < 4.78 is 47.9. The summed E-state index contributed by atoms with van der Waals surface area (Å²) in [5, 5.41) is 12.1. The van der Waals surface area contributed by atoms with E-state index in [1.165, 1.54) is 38.6 Å². The lowest BCUT2D eigenvalue weighted by atomic mass is 10.1. The van der Waals surface area contributed by atoms with Crippen molar-refractivity contribution in [2.24, 2.45) is 7.05 Å². The van der Waals surface area contributed by atoms with E-state index < -0.39 is 12.2 Å². The van der Waals surface area contributed by atoms with Crippen molar-refractivity contribution >= 4 is 22.7 Å². The number of pyridine rings is 3. The second kappa shape index (κ2) is 9.19. The van der Waals surface area contributed by atoms with E-state index in [1.54, 1.807) is 37.0 Å². The van der Waals surface area contributed by atoms with E-state index in [2.05, 4.69) is 25.3 Å². The smallest absolute Gasteiger partial charge is 0.408 e. The van der Waals surface area contributed by atoms with Crippen molar-refractivity contribution in [1.29, 1.82) is 5.26 Å². The van der Waals surface area contributed by atoms with Gasteiger partial charge < -0.3 is 14.6 Å². The number of anilines is 2. The van der Waals surface area contributed by atoms with E-state index in [-0.39, 0.29) is 17.1 Å². The maximum atomic E-state index is 13.4. The number of imidazole rings is 1. The van der Waals surface area contributed by atoms with Crippen LogP contribution in [0.1, 0.15) is 22.9 Å². The van der Waals surface area contributed by atoms with Crippen LogP contribution in [0.5, 0.6) is 11.6 Å². The van der Waals surface area contributed by atoms with Crippen LogP contribution < -0.4 is 10.1 Å². The maximum Gasteiger partial charge on any atom is 0.408 e. The van der Waals surface area contributed by atoms with Crippen LogP contribution in [0.4, 0.5) is 24.7 Å². The minimum atomic E-state index is -4.43. The van der Waals surface area contributed by atoms with Crippen LogP contribution in [0.2, 0.25) is 0 Å². The van der Waals surface area contributed by atoms with Gasteiger partial charge in [0.25, 0.3) is 0 Å². The number of rotatable bonds is 6. The first kappa shape index (κ1) is 23.9. The van der Waals surface area contributed by atoms with Crippen molar-refractivity contribution in [3.63, 3.8) is 0 Å². The van der Waals surface area contributed by atoms with Crippen LogP contribution in [0.25, 0.3) is 11.2 Å². The zero-order valence-corrected chi connectivity index (χ0v) is 19.3. The third kappa shape index (κ3) is 4.99. The normalized spacial score (nSPS) is 12.5. The summed E-state index contributed by atoms with van der Waals surface area (Å²) in [5.74, 6) is 0.988. The van der Waals surface area contributed by atoms with Crippen LogP contribution in [-0.4, -0.2) is 49.7 Å². The predicted molar refractivity (Wildman–Crippen MR) is 122 cm³/mol. The molecule has 1 unspecified atom stereocenters. The predicted octanol–water partition coefficient (Wildman–Crippen LogP) is 4.64. The molecule has 0 aliphatic rings. The summed E-state index contributed by atoms with van der Waals surface area (Å²) in [6.45, 7) is 1.78. The molecule has 0 amide bonds. The molecule has 4 aromatic heterocycles. The highest BCUT2D eigenvalue weighted by Gasteiger charge is 2.42. The fourth-order valence-electron chi connectivity index (χ4n) is 3.60. The number of nitrogens with one attached hydrogen (secondary N) is 1. The molecule has 0 saturated carbocycles. The fourth-order valence-corrected chi connectivity index (χ4v) is 3.60. The van der Waals surface area contributed by atoms with Crippen molar-refractivity contribution in [2.75, 3.05) is 19.4 Å². The zero-order chi connectivity index (χ0) is 25.3. The van der Waals surface area contributed by atoms with Gasteiger partial charge in [0.15, 0.2) is 11.4 Å². The van der Waals surface area contributed by atoms with Gasteiger partial charge in [-0.1, -0.05) is 6.07 Å². The van der Waals surface area contributed by atoms with Crippen molar-refractivity contribution in [3.8, 4) is 17.7 Å². The van der Waals surface area contributed by atoms with Gasteiger partial charge in [-0.05, 0) is 44.3 Å². The van der Waals surface area contributed by atoms with Gasteiger partial charge in [0.1, 0.15) is 29.1 Å². The second-order valence-corrected chi connectivity index (χ2v) is 8.09. The summed E-state index contributed by atoms with van der Waals surface area (Å²) in [5.41, 5.74) is 2.55. The first-order chi connectivity index (χ1) is 16.6. The Balaban J connectivity index is 1.66. The van der Waals surface area contributed by atoms with E-state index in [1.807, 2.05) is 6.07 Å². The summed E-state index contributed by atoms with van der Waals surface area (Å²) in [4.78, 5) is 18.1. The molecule has 0 fully saturated rings. The molecule has 0 aliphatic carbocycles. The number of nitriles is 1. The van der Waals surface area contributed by atoms with E-state index in [9.17, 15) is 13.2 Å². The first-order valence-electron chi connectivity index (χ1n) is 10.4. The number of halogens is 3. The molecule has 12 heteroatoms. The Morgan fingerprint density at radius 2 is 1.91 bits per heavy atom. The lowest BCUT2D eigenvalue weighted by Crippen LogP contribution is -2.33. The second-order valence-electron chi connectivity index (χ2n) is 8.09.